The zero-order valence-corrected chi connectivity index (χ0v) is 18.5. The number of amides is 2. The molecule has 1 N–H and O–H groups in total. The maximum absolute atomic E-state index is 13.7. The third-order valence-corrected chi connectivity index (χ3v) is 5.78. The molecular formula is C25H26N6O. The van der Waals surface area contributed by atoms with E-state index in [0.717, 1.165) is 39.9 Å². The number of hydrogen-bond acceptors (Lipinski definition) is 4. The molecule has 2 heterocycles. The number of aliphatic imine (C=N–C) groups is 1. The van der Waals surface area contributed by atoms with E-state index in [1.54, 1.807) is 16.3 Å². The summed E-state index contributed by atoms with van der Waals surface area (Å²) >= 11 is 0. The number of anilines is 1. The van der Waals surface area contributed by atoms with Gasteiger partial charge in [-0.1, -0.05) is 43.3 Å². The minimum Gasteiger partial charge on any atom is -0.345 e. The second kappa shape index (κ2) is 8.09. The molecule has 5 rings (SSSR count). The molecule has 1 aliphatic rings. The van der Waals surface area contributed by atoms with Crippen molar-refractivity contribution in [2.45, 2.75) is 19.4 Å². The van der Waals surface area contributed by atoms with Crippen LogP contribution in [0, 0.1) is 0 Å². The van der Waals surface area contributed by atoms with Gasteiger partial charge in [-0.3, -0.25) is 9.89 Å². The highest BCUT2D eigenvalue weighted by atomic mass is 16.2. The Hall–Kier alpha value is -3.71. The van der Waals surface area contributed by atoms with E-state index in [9.17, 15) is 4.79 Å². The number of rotatable bonds is 5. The van der Waals surface area contributed by atoms with Gasteiger partial charge in [-0.05, 0) is 47.0 Å². The van der Waals surface area contributed by atoms with Crippen molar-refractivity contribution in [3.63, 3.8) is 0 Å². The van der Waals surface area contributed by atoms with Gasteiger partial charge < -0.3 is 4.98 Å². The Kier molecular flexibility index (Phi) is 5.11. The van der Waals surface area contributed by atoms with Gasteiger partial charge in [-0.15, -0.1) is 0 Å². The van der Waals surface area contributed by atoms with E-state index in [4.69, 9.17) is 4.99 Å². The second-order valence-corrected chi connectivity index (χ2v) is 8.16. The maximum Gasteiger partial charge on any atom is 0.345 e. The lowest BCUT2D eigenvalue weighted by atomic mass is 10.00. The maximum atomic E-state index is 13.7. The summed E-state index contributed by atoms with van der Waals surface area (Å²) in [6, 6.07) is 20.1. The molecule has 0 radical (unpaired) electrons. The van der Waals surface area contributed by atoms with E-state index in [0.29, 0.717) is 6.54 Å². The average molecular weight is 427 g/mol. The number of urea groups is 1. The van der Waals surface area contributed by atoms with Gasteiger partial charge in [0.15, 0.2) is 5.84 Å². The number of aromatic amines is 1. The number of carbonyl (C=O) groups is 1. The minimum absolute atomic E-state index is 0.127. The van der Waals surface area contributed by atoms with E-state index in [-0.39, 0.29) is 12.1 Å². The Balaban J connectivity index is 1.71. The van der Waals surface area contributed by atoms with Crippen LogP contribution in [0.4, 0.5) is 10.5 Å². The number of aromatic nitrogens is 2. The van der Waals surface area contributed by atoms with Crippen LogP contribution in [0.1, 0.15) is 24.9 Å². The first-order valence-corrected chi connectivity index (χ1v) is 10.8. The number of carbonyl (C=O) groups excluding carboxylic acids is 1. The molecule has 1 aliphatic heterocycles. The molecule has 0 bridgehead atoms. The molecule has 0 aliphatic carbocycles. The van der Waals surface area contributed by atoms with Crippen molar-refractivity contribution in [3.8, 4) is 0 Å². The van der Waals surface area contributed by atoms with Crippen LogP contribution in [0.25, 0.3) is 21.8 Å². The predicted molar refractivity (Wildman–Crippen MR) is 129 cm³/mol. The quantitative estimate of drug-likeness (QED) is 0.489. The van der Waals surface area contributed by atoms with Crippen LogP contribution in [0.2, 0.25) is 0 Å². The third kappa shape index (κ3) is 3.31. The predicted octanol–water partition coefficient (Wildman–Crippen LogP) is 4.98. The Bertz CT molecular complexity index is 1320. The smallest absolute Gasteiger partial charge is 0.345 e. The molecule has 1 aromatic heterocycles. The molecule has 1 saturated heterocycles. The molecule has 7 heteroatoms. The second-order valence-electron chi connectivity index (χ2n) is 8.16. The molecule has 2 amide bonds. The fraction of sp³-hybridized carbons (Fsp3) is 0.240. The highest BCUT2D eigenvalue weighted by Crippen LogP contribution is 2.38. The van der Waals surface area contributed by atoms with Crippen LogP contribution in [-0.2, 0) is 0 Å². The lowest BCUT2D eigenvalue weighted by Gasteiger charge is -2.23. The number of hydrazine groups is 1. The van der Waals surface area contributed by atoms with E-state index in [1.165, 1.54) is 5.39 Å². The van der Waals surface area contributed by atoms with Crippen molar-refractivity contribution in [3.05, 3.63) is 72.6 Å². The minimum atomic E-state index is -0.336. The summed E-state index contributed by atoms with van der Waals surface area (Å²) in [5.74, 6) is 0.735. The van der Waals surface area contributed by atoms with Crippen LogP contribution in [0.5, 0.6) is 0 Å². The first kappa shape index (κ1) is 20.2. The van der Waals surface area contributed by atoms with E-state index >= 15 is 0 Å². The van der Waals surface area contributed by atoms with Gasteiger partial charge in [0.2, 0.25) is 0 Å². The van der Waals surface area contributed by atoms with Crippen molar-refractivity contribution in [1.29, 1.82) is 0 Å². The summed E-state index contributed by atoms with van der Waals surface area (Å²) in [7, 11) is 3.74. The Morgan fingerprint density at radius 3 is 2.66 bits per heavy atom. The van der Waals surface area contributed by atoms with Crippen molar-refractivity contribution >= 4 is 39.4 Å². The zero-order valence-electron chi connectivity index (χ0n) is 18.5. The molecular weight excluding hydrogens is 400 g/mol. The number of nitrogens with zero attached hydrogens (tertiary/aromatic N) is 5. The van der Waals surface area contributed by atoms with Crippen molar-refractivity contribution in [1.82, 2.24) is 20.0 Å². The monoisotopic (exact) mass is 426 g/mol. The van der Waals surface area contributed by atoms with E-state index < -0.39 is 0 Å². The van der Waals surface area contributed by atoms with Gasteiger partial charge in [-0.2, -0.15) is 0 Å². The largest absolute Gasteiger partial charge is 0.345 e. The summed E-state index contributed by atoms with van der Waals surface area (Å²) in [6.45, 7) is 2.75. The fourth-order valence-corrected chi connectivity index (χ4v) is 4.30. The molecule has 3 aromatic carbocycles. The van der Waals surface area contributed by atoms with Crippen LogP contribution < -0.4 is 4.90 Å². The number of hydrogen-bond donors (Lipinski definition) is 1. The SMILES string of the molecule is CCCN=C1C(c2ccc3ccccc3c2)N(c2ccc3[nH]cnc3c2)C(=O)N1N(C)C. The third-order valence-electron chi connectivity index (χ3n) is 5.78. The van der Waals surface area contributed by atoms with Gasteiger partial charge in [0.1, 0.15) is 6.04 Å². The van der Waals surface area contributed by atoms with Gasteiger partial charge in [0, 0.05) is 26.3 Å². The van der Waals surface area contributed by atoms with Crippen molar-refractivity contribution < 1.29 is 4.79 Å². The van der Waals surface area contributed by atoms with Crippen molar-refractivity contribution in [2.75, 3.05) is 25.5 Å². The van der Waals surface area contributed by atoms with Gasteiger partial charge in [0.25, 0.3) is 0 Å². The number of nitrogens with one attached hydrogen (secondary N) is 1. The molecule has 7 nitrogen and oxygen atoms in total. The van der Waals surface area contributed by atoms with Crippen LogP contribution >= 0.6 is 0 Å². The van der Waals surface area contributed by atoms with Gasteiger partial charge in [-0.25, -0.2) is 19.8 Å². The van der Waals surface area contributed by atoms with Crippen LogP contribution in [-0.4, -0.2) is 52.5 Å². The molecule has 32 heavy (non-hydrogen) atoms. The standard InChI is InChI=1S/C25H26N6O/c1-4-13-26-24-23(19-10-9-17-7-5-6-8-18(17)14-19)30(25(32)31(24)29(2)3)20-11-12-21-22(15-20)28-16-27-21/h5-12,14-16,23H,4,13H2,1-3H3,(H,27,28). The molecule has 4 aromatic rings. The van der Waals surface area contributed by atoms with Gasteiger partial charge >= 0.3 is 6.03 Å². The number of H-pyrrole nitrogens is 1. The lowest BCUT2D eigenvalue weighted by molar-refractivity contribution is 0.141. The van der Waals surface area contributed by atoms with Gasteiger partial charge in [0.05, 0.1) is 17.4 Å². The molecule has 0 saturated carbocycles. The number of benzene rings is 3. The first-order chi connectivity index (χ1) is 15.6. The highest BCUT2D eigenvalue weighted by molar-refractivity contribution is 6.16. The fourth-order valence-electron chi connectivity index (χ4n) is 4.30. The normalized spacial score (nSPS) is 18.1. The summed E-state index contributed by atoms with van der Waals surface area (Å²) in [5.41, 5.74) is 3.58. The Morgan fingerprint density at radius 2 is 1.88 bits per heavy atom. The Labute approximate surface area is 187 Å². The van der Waals surface area contributed by atoms with Crippen molar-refractivity contribution in [2.24, 2.45) is 4.99 Å². The lowest BCUT2D eigenvalue weighted by Crippen LogP contribution is -2.43. The van der Waals surface area contributed by atoms with Crippen LogP contribution in [0.15, 0.2) is 72.0 Å². The Morgan fingerprint density at radius 1 is 1.06 bits per heavy atom. The number of fused-ring (bicyclic) bond motifs is 2. The highest BCUT2D eigenvalue weighted by Gasteiger charge is 2.46. The number of amidine groups is 1. The molecule has 0 spiro atoms. The van der Waals surface area contributed by atoms with Crippen LogP contribution in [0.3, 0.4) is 0 Å². The summed E-state index contributed by atoms with van der Waals surface area (Å²) in [4.78, 5) is 28.0. The molecule has 1 fully saturated rings. The molecule has 162 valence electrons. The summed E-state index contributed by atoms with van der Waals surface area (Å²) < 4.78 is 0. The van der Waals surface area contributed by atoms with E-state index in [2.05, 4.69) is 47.2 Å². The molecule has 1 unspecified atom stereocenters. The molecule has 1 atom stereocenters. The summed E-state index contributed by atoms with van der Waals surface area (Å²) in [6.07, 6.45) is 2.57. The van der Waals surface area contributed by atoms with E-state index in [1.807, 2.05) is 49.3 Å². The zero-order chi connectivity index (χ0) is 22.2. The summed E-state index contributed by atoms with van der Waals surface area (Å²) in [5, 5.41) is 5.78. The topological polar surface area (TPSA) is 67.8 Å². The number of imidazole rings is 1. The first-order valence-electron chi connectivity index (χ1n) is 10.8. The average Bonchev–Trinajstić information content (AvgIpc) is 3.38.